The van der Waals surface area contributed by atoms with Gasteiger partial charge in [-0.1, -0.05) is 30.8 Å². The van der Waals surface area contributed by atoms with Crippen LogP contribution in [-0.2, 0) is 9.53 Å². The van der Waals surface area contributed by atoms with Crippen molar-refractivity contribution < 1.29 is 31.8 Å². The summed E-state index contributed by atoms with van der Waals surface area (Å²) in [5.74, 6) is -2.84. The normalized spacial score (nSPS) is 25.8. The SMILES string of the molecule is C=CC(=O)N1CCN(c2nc(OC[C@@]34CCCN3C[C@H](F)C4)nc3c(F)c(-c4cccc5ccc(F)c(F)c45)ncc23)C[C@]12CCOC2. The van der Waals surface area contributed by atoms with Gasteiger partial charge in [-0.05, 0) is 43.3 Å². The van der Waals surface area contributed by atoms with Crippen molar-refractivity contribution in [3.05, 3.63) is 66.6 Å². The number of hydrogen-bond donors (Lipinski definition) is 0. The number of piperazine rings is 1. The smallest absolute Gasteiger partial charge is 0.319 e. The van der Waals surface area contributed by atoms with Crippen LogP contribution in [0.5, 0.6) is 6.01 Å². The molecular formula is C35H34F4N6O3. The average molecular weight is 663 g/mol. The lowest BCUT2D eigenvalue weighted by Crippen LogP contribution is -2.64. The van der Waals surface area contributed by atoms with Gasteiger partial charge in [0.25, 0.3) is 0 Å². The predicted octanol–water partition coefficient (Wildman–Crippen LogP) is 5.21. The summed E-state index contributed by atoms with van der Waals surface area (Å²) in [7, 11) is 0. The molecule has 4 saturated heterocycles. The van der Waals surface area contributed by atoms with Gasteiger partial charge in [-0.25, -0.2) is 17.6 Å². The second kappa shape index (κ2) is 11.7. The van der Waals surface area contributed by atoms with Crippen LogP contribution in [0.3, 0.4) is 0 Å². The number of rotatable bonds is 6. The maximum absolute atomic E-state index is 16.8. The van der Waals surface area contributed by atoms with E-state index in [0.29, 0.717) is 68.8 Å². The van der Waals surface area contributed by atoms with Gasteiger partial charge in [-0.15, -0.1) is 0 Å². The molecule has 0 N–H and O–H groups in total. The molecule has 0 aliphatic carbocycles. The van der Waals surface area contributed by atoms with Gasteiger partial charge in [0.2, 0.25) is 5.91 Å². The van der Waals surface area contributed by atoms with Crippen molar-refractivity contribution in [3.8, 4) is 17.3 Å². The molecule has 13 heteroatoms. The van der Waals surface area contributed by atoms with Gasteiger partial charge in [-0.2, -0.15) is 9.97 Å². The first-order valence-corrected chi connectivity index (χ1v) is 16.2. The lowest BCUT2D eigenvalue weighted by molar-refractivity contribution is -0.133. The Balaban J connectivity index is 1.25. The first-order chi connectivity index (χ1) is 23.2. The molecule has 8 rings (SSSR count). The number of aromatic nitrogens is 3. The van der Waals surface area contributed by atoms with Gasteiger partial charge in [0, 0.05) is 56.4 Å². The van der Waals surface area contributed by atoms with Crippen LogP contribution in [0.15, 0.2) is 49.2 Å². The van der Waals surface area contributed by atoms with Crippen LogP contribution < -0.4 is 9.64 Å². The van der Waals surface area contributed by atoms with Gasteiger partial charge in [0.1, 0.15) is 29.8 Å². The monoisotopic (exact) mass is 662 g/mol. The topological polar surface area (TPSA) is 83.9 Å². The minimum atomic E-state index is -1.10. The molecule has 9 nitrogen and oxygen atoms in total. The van der Waals surface area contributed by atoms with E-state index in [0.717, 1.165) is 25.5 Å². The first-order valence-electron chi connectivity index (χ1n) is 16.2. The quantitative estimate of drug-likeness (QED) is 0.206. The standard InChI is InChI=1S/C35H34F4N6O3/c1-2-26(46)45-13-12-43(18-35(45)10-14-47-19-35)32-24-16-40-30(23-6-3-5-21-7-8-25(37)28(38)27(21)23)29(39)31(24)41-33(42-32)48-20-34-9-4-11-44(34)17-22(36)15-34/h2-3,5-8,16,22H,1,4,9-15,17-20H2/t22-,34+,35+/m1/s1. The molecule has 4 aliphatic heterocycles. The highest BCUT2D eigenvalue weighted by Crippen LogP contribution is 2.42. The van der Waals surface area contributed by atoms with Gasteiger partial charge in [0.15, 0.2) is 17.5 Å². The van der Waals surface area contributed by atoms with E-state index < -0.39 is 34.7 Å². The number of benzene rings is 2. The number of nitrogens with zero attached hydrogens (tertiary/aromatic N) is 6. The van der Waals surface area contributed by atoms with Crippen LogP contribution in [-0.4, -0.2) is 100 Å². The number of halogens is 4. The number of carbonyl (C=O) groups is 1. The predicted molar refractivity (Wildman–Crippen MR) is 171 cm³/mol. The fraction of sp³-hybridized carbons (Fsp3) is 0.429. The zero-order valence-electron chi connectivity index (χ0n) is 26.2. The van der Waals surface area contributed by atoms with Gasteiger partial charge >= 0.3 is 6.01 Å². The maximum Gasteiger partial charge on any atom is 0.319 e. The Morgan fingerprint density at radius 2 is 1.98 bits per heavy atom. The molecule has 2 aromatic carbocycles. The number of anilines is 1. The van der Waals surface area contributed by atoms with E-state index in [2.05, 4.69) is 21.4 Å². The highest BCUT2D eigenvalue weighted by molar-refractivity contribution is 5.99. The Kier molecular flexibility index (Phi) is 7.51. The summed E-state index contributed by atoms with van der Waals surface area (Å²) in [4.78, 5) is 32.4. The van der Waals surface area contributed by atoms with E-state index in [1.165, 1.54) is 24.4 Å². The average Bonchev–Trinajstić information content (AvgIpc) is 3.79. The van der Waals surface area contributed by atoms with Crippen molar-refractivity contribution in [2.45, 2.75) is 42.9 Å². The molecule has 0 unspecified atom stereocenters. The Hall–Kier alpha value is -4.36. The van der Waals surface area contributed by atoms with E-state index in [1.807, 2.05) is 4.90 Å². The van der Waals surface area contributed by atoms with Gasteiger partial charge in [0.05, 0.1) is 23.1 Å². The Labute approximate surface area is 274 Å². The molecule has 250 valence electrons. The van der Waals surface area contributed by atoms with Gasteiger partial charge < -0.3 is 19.3 Å². The Bertz CT molecular complexity index is 1960. The van der Waals surface area contributed by atoms with Gasteiger partial charge in [-0.3, -0.25) is 14.7 Å². The molecule has 0 saturated carbocycles. The second-order valence-corrected chi connectivity index (χ2v) is 13.3. The van der Waals surface area contributed by atoms with E-state index in [9.17, 15) is 13.6 Å². The summed E-state index contributed by atoms with van der Waals surface area (Å²) in [6, 6.07) is 7.09. The van der Waals surface area contributed by atoms with E-state index in [4.69, 9.17) is 14.5 Å². The molecule has 4 aromatic rings. The lowest BCUT2D eigenvalue weighted by Gasteiger charge is -2.48. The Morgan fingerprint density at radius 3 is 2.79 bits per heavy atom. The molecule has 4 fully saturated rings. The third-order valence-electron chi connectivity index (χ3n) is 10.5. The molecule has 0 bridgehead atoms. The van der Waals surface area contributed by atoms with E-state index in [-0.39, 0.29) is 40.7 Å². The molecular weight excluding hydrogens is 628 g/mol. The van der Waals surface area contributed by atoms with Crippen LogP contribution in [0.2, 0.25) is 0 Å². The van der Waals surface area contributed by atoms with Crippen LogP contribution in [0, 0.1) is 17.5 Å². The first kappa shape index (κ1) is 30.9. The molecule has 1 spiro atoms. The zero-order chi connectivity index (χ0) is 33.2. The summed E-state index contributed by atoms with van der Waals surface area (Å²) >= 11 is 0. The summed E-state index contributed by atoms with van der Waals surface area (Å²) < 4.78 is 72.8. The Morgan fingerprint density at radius 1 is 1.10 bits per heavy atom. The minimum Gasteiger partial charge on any atom is -0.461 e. The summed E-state index contributed by atoms with van der Waals surface area (Å²) in [5, 5.41) is 0.584. The largest absolute Gasteiger partial charge is 0.461 e. The molecule has 0 radical (unpaired) electrons. The van der Waals surface area contributed by atoms with Crippen molar-refractivity contribution in [2.75, 3.05) is 57.4 Å². The van der Waals surface area contributed by atoms with Crippen molar-refractivity contribution in [1.82, 2.24) is 24.8 Å². The highest BCUT2D eigenvalue weighted by atomic mass is 19.2. The van der Waals surface area contributed by atoms with Crippen LogP contribution >= 0.6 is 0 Å². The van der Waals surface area contributed by atoms with E-state index >= 15 is 8.78 Å². The van der Waals surface area contributed by atoms with E-state index in [1.54, 1.807) is 17.0 Å². The summed E-state index contributed by atoms with van der Waals surface area (Å²) in [6.07, 6.45) is 4.38. The van der Waals surface area contributed by atoms with Crippen molar-refractivity contribution in [2.24, 2.45) is 0 Å². The molecule has 2 aromatic heterocycles. The molecule has 6 heterocycles. The number of alkyl halides is 1. The lowest BCUT2D eigenvalue weighted by atomic mass is 9.92. The number of hydrogen-bond acceptors (Lipinski definition) is 8. The number of carbonyl (C=O) groups excluding carboxylic acids is 1. The maximum atomic E-state index is 16.8. The summed E-state index contributed by atoms with van der Waals surface area (Å²) in [5.41, 5.74) is -1.38. The third kappa shape index (κ3) is 4.89. The fourth-order valence-electron chi connectivity index (χ4n) is 8.22. The number of ether oxygens (including phenoxy) is 2. The number of pyridine rings is 1. The minimum absolute atomic E-state index is 0.0746. The molecule has 3 atom stereocenters. The van der Waals surface area contributed by atoms with Crippen LogP contribution in [0.4, 0.5) is 23.4 Å². The number of fused-ring (bicyclic) bond motifs is 3. The molecule has 48 heavy (non-hydrogen) atoms. The van der Waals surface area contributed by atoms with Crippen molar-refractivity contribution >= 4 is 33.4 Å². The second-order valence-electron chi connectivity index (χ2n) is 13.3. The summed E-state index contributed by atoms with van der Waals surface area (Å²) in [6.45, 7) is 6.77. The molecule has 4 aliphatic rings. The number of amides is 1. The fourth-order valence-corrected chi connectivity index (χ4v) is 8.22. The van der Waals surface area contributed by atoms with Crippen molar-refractivity contribution in [3.63, 3.8) is 0 Å². The highest BCUT2D eigenvalue weighted by Gasteiger charge is 2.50. The van der Waals surface area contributed by atoms with Crippen LogP contribution in [0.1, 0.15) is 25.7 Å². The third-order valence-corrected chi connectivity index (χ3v) is 10.5. The molecule has 1 amide bonds. The zero-order valence-corrected chi connectivity index (χ0v) is 26.2. The van der Waals surface area contributed by atoms with Crippen molar-refractivity contribution in [1.29, 1.82) is 0 Å². The van der Waals surface area contributed by atoms with Crippen LogP contribution in [0.25, 0.3) is 32.9 Å².